The molecule has 0 saturated heterocycles. The minimum atomic E-state index is -3.58. The summed E-state index contributed by atoms with van der Waals surface area (Å²) in [7, 11) is -2.19. The second kappa shape index (κ2) is 6.13. The third kappa shape index (κ3) is 3.61. The lowest BCUT2D eigenvalue weighted by atomic mass is 10.2. The van der Waals surface area contributed by atoms with Crippen molar-refractivity contribution in [1.82, 2.24) is 0 Å². The van der Waals surface area contributed by atoms with Crippen LogP contribution in [-0.2, 0) is 15.6 Å². The van der Waals surface area contributed by atoms with Crippen molar-refractivity contribution in [2.24, 2.45) is 0 Å². The number of anilines is 1. The Hall–Kier alpha value is -1.43. The van der Waals surface area contributed by atoms with Crippen molar-refractivity contribution in [2.75, 3.05) is 12.8 Å². The summed E-state index contributed by atoms with van der Waals surface area (Å²) in [4.78, 5) is 0.0882. The van der Waals surface area contributed by atoms with E-state index in [1.165, 1.54) is 31.4 Å². The molecule has 0 atom stereocenters. The Bertz CT molecular complexity index is 776. The normalized spacial score (nSPS) is 11.4. The van der Waals surface area contributed by atoms with Crippen molar-refractivity contribution in [1.29, 1.82) is 0 Å². The predicted octanol–water partition coefficient (Wildman–Crippen LogP) is 3.56. The molecule has 0 fully saturated rings. The van der Waals surface area contributed by atoms with Gasteiger partial charge in [0, 0.05) is 11.8 Å². The van der Waals surface area contributed by atoms with E-state index in [1.807, 2.05) is 0 Å². The molecular weight excluding hydrogens is 333 g/mol. The van der Waals surface area contributed by atoms with Crippen LogP contribution in [0.3, 0.4) is 0 Å². The van der Waals surface area contributed by atoms with Crippen molar-refractivity contribution in [3.63, 3.8) is 0 Å². The number of ether oxygens (including phenoxy) is 1. The summed E-state index contributed by atoms with van der Waals surface area (Å²) < 4.78 is 30.1. The topological polar surface area (TPSA) is 69.4 Å². The summed E-state index contributed by atoms with van der Waals surface area (Å²) in [6.07, 6.45) is 0. The Morgan fingerprint density at radius 1 is 1.10 bits per heavy atom. The number of hydrogen-bond donors (Lipinski definition) is 1. The molecule has 0 amide bonds. The van der Waals surface area contributed by atoms with Crippen molar-refractivity contribution in [3.05, 3.63) is 52.0 Å². The van der Waals surface area contributed by atoms with E-state index in [2.05, 4.69) is 0 Å². The van der Waals surface area contributed by atoms with Crippen molar-refractivity contribution in [3.8, 4) is 5.75 Å². The van der Waals surface area contributed by atoms with Crippen molar-refractivity contribution in [2.45, 2.75) is 10.6 Å². The number of hydrogen-bond acceptors (Lipinski definition) is 4. The zero-order chi connectivity index (χ0) is 15.6. The molecule has 0 heterocycles. The summed E-state index contributed by atoms with van der Waals surface area (Å²) in [5.41, 5.74) is 6.60. The first-order valence-electron chi connectivity index (χ1n) is 5.93. The molecule has 0 aromatic heterocycles. The first-order chi connectivity index (χ1) is 9.83. The highest BCUT2D eigenvalue weighted by atomic mass is 35.5. The molecule has 112 valence electrons. The van der Waals surface area contributed by atoms with E-state index in [0.717, 1.165) is 0 Å². The minimum Gasteiger partial charge on any atom is -0.495 e. The van der Waals surface area contributed by atoms with Crippen LogP contribution >= 0.6 is 23.2 Å². The van der Waals surface area contributed by atoms with E-state index < -0.39 is 9.84 Å². The van der Waals surface area contributed by atoms with E-state index in [-0.39, 0.29) is 16.4 Å². The maximum absolute atomic E-state index is 12.5. The van der Waals surface area contributed by atoms with Crippen LogP contribution in [-0.4, -0.2) is 15.5 Å². The van der Waals surface area contributed by atoms with Crippen LogP contribution in [0.1, 0.15) is 5.56 Å². The highest BCUT2D eigenvalue weighted by Gasteiger charge is 2.20. The molecule has 0 aliphatic carbocycles. The second-order valence-electron chi connectivity index (χ2n) is 4.42. The summed E-state index contributed by atoms with van der Waals surface area (Å²) in [5, 5.41) is 0.691. The van der Waals surface area contributed by atoms with Gasteiger partial charge in [0.05, 0.1) is 22.9 Å². The summed E-state index contributed by atoms with van der Waals surface area (Å²) >= 11 is 11.7. The predicted molar refractivity (Wildman–Crippen MR) is 84.8 cm³/mol. The Labute approximate surface area is 133 Å². The summed E-state index contributed by atoms with van der Waals surface area (Å²) in [6, 6.07) is 9.14. The highest BCUT2D eigenvalue weighted by molar-refractivity contribution is 7.90. The molecule has 0 saturated carbocycles. The number of halogens is 2. The molecule has 0 unspecified atom stereocenters. The molecule has 0 radical (unpaired) electrons. The van der Waals surface area contributed by atoms with Gasteiger partial charge in [-0.05, 0) is 29.8 Å². The standard InChI is InChI=1S/C14H13Cl2NO3S/c1-20-13-7-10(17)3-5-14(13)21(18,19)8-9-2-4-11(15)12(16)6-9/h2-7H,8,17H2,1H3. The molecular formula is C14H13Cl2NO3S. The molecule has 2 aromatic rings. The monoisotopic (exact) mass is 345 g/mol. The average molecular weight is 346 g/mol. The van der Waals surface area contributed by atoms with Crippen LogP contribution < -0.4 is 10.5 Å². The van der Waals surface area contributed by atoms with Crippen LogP contribution in [0.15, 0.2) is 41.3 Å². The number of rotatable bonds is 4. The average Bonchev–Trinajstić information content (AvgIpc) is 2.42. The lowest BCUT2D eigenvalue weighted by Crippen LogP contribution is -2.07. The zero-order valence-electron chi connectivity index (χ0n) is 11.1. The fraction of sp³-hybridized carbons (Fsp3) is 0.143. The summed E-state index contributed by atoms with van der Waals surface area (Å²) in [6.45, 7) is 0. The molecule has 0 aliphatic rings. The molecule has 0 spiro atoms. The third-order valence-electron chi connectivity index (χ3n) is 2.86. The molecule has 0 aliphatic heterocycles. The van der Waals surface area contributed by atoms with E-state index in [1.54, 1.807) is 12.1 Å². The molecule has 21 heavy (non-hydrogen) atoms. The fourth-order valence-electron chi connectivity index (χ4n) is 1.87. The molecule has 0 bridgehead atoms. The van der Waals surface area contributed by atoms with Gasteiger partial charge in [-0.3, -0.25) is 0 Å². The Kier molecular flexibility index (Phi) is 4.66. The Morgan fingerprint density at radius 2 is 1.81 bits per heavy atom. The first-order valence-corrected chi connectivity index (χ1v) is 8.34. The van der Waals surface area contributed by atoms with Crippen molar-refractivity contribution >= 4 is 38.7 Å². The van der Waals surface area contributed by atoms with Gasteiger partial charge in [-0.15, -0.1) is 0 Å². The summed E-state index contributed by atoms with van der Waals surface area (Å²) in [5.74, 6) is 0.0134. The number of nitrogens with two attached hydrogens (primary N) is 1. The molecule has 2 N–H and O–H groups in total. The van der Waals surface area contributed by atoms with Gasteiger partial charge in [0.15, 0.2) is 9.84 Å². The van der Waals surface area contributed by atoms with Gasteiger partial charge < -0.3 is 10.5 Å². The maximum Gasteiger partial charge on any atom is 0.186 e. The Balaban J connectivity index is 2.40. The number of methoxy groups -OCH3 is 1. The van der Waals surface area contributed by atoms with E-state index in [0.29, 0.717) is 21.3 Å². The van der Waals surface area contributed by atoms with Gasteiger partial charge in [-0.1, -0.05) is 29.3 Å². The third-order valence-corrected chi connectivity index (χ3v) is 5.32. The quantitative estimate of drug-likeness (QED) is 0.860. The van der Waals surface area contributed by atoms with E-state index in [9.17, 15) is 8.42 Å². The Morgan fingerprint density at radius 3 is 2.43 bits per heavy atom. The molecule has 4 nitrogen and oxygen atoms in total. The van der Waals surface area contributed by atoms with Crippen LogP contribution in [0.25, 0.3) is 0 Å². The molecule has 2 aromatic carbocycles. The highest BCUT2D eigenvalue weighted by Crippen LogP contribution is 2.30. The van der Waals surface area contributed by atoms with Gasteiger partial charge >= 0.3 is 0 Å². The van der Waals surface area contributed by atoms with Crippen LogP contribution in [0.5, 0.6) is 5.75 Å². The van der Waals surface area contributed by atoms with Crippen LogP contribution in [0.2, 0.25) is 10.0 Å². The van der Waals surface area contributed by atoms with Gasteiger partial charge in [-0.25, -0.2) is 8.42 Å². The SMILES string of the molecule is COc1cc(N)ccc1S(=O)(=O)Cc1ccc(Cl)c(Cl)c1. The first kappa shape index (κ1) is 15.9. The number of benzene rings is 2. The second-order valence-corrected chi connectivity index (χ2v) is 7.19. The lowest BCUT2D eigenvalue weighted by molar-refractivity contribution is 0.403. The smallest absolute Gasteiger partial charge is 0.186 e. The van der Waals surface area contributed by atoms with Crippen molar-refractivity contribution < 1.29 is 13.2 Å². The largest absolute Gasteiger partial charge is 0.495 e. The zero-order valence-corrected chi connectivity index (χ0v) is 13.5. The van der Waals surface area contributed by atoms with Gasteiger partial charge in [0.25, 0.3) is 0 Å². The van der Waals surface area contributed by atoms with E-state index >= 15 is 0 Å². The van der Waals surface area contributed by atoms with Crippen LogP contribution in [0.4, 0.5) is 5.69 Å². The van der Waals surface area contributed by atoms with Gasteiger partial charge in [-0.2, -0.15) is 0 Å². The van der Waals surface area contributed by atoms with Gasteiger partial charge in [0.1, 0.15) is 10.6 Å². The van der Waals surface area contributed by atoms with Gasteiger partial charge in [0.2, 0.25) is 0 Å². The molecule has 7 heteroatoms. The minimum absolute atomic E-state index is 0.0882. The number of sulfone groups is 1. The maximum atomic E-state index is 12.5. The molecule has 2 rings (SSSR count). The fourth-order valence-corrected chi connectivity index (χ4v) is 3.69. The number of nitrogen functional groups attached to an aromatic ring is 1. The lowest BCUT2D eigenvalue weighted by Gasteiger charge is -2.10. The van der Waals surface area contributed by atoms with E-state index in [4.69, 9.17) is 33.7 Å². The van der Waals surface area contributed by atoms with Crippen LogP contribution in [0, 0.1) is 0 Å².